The summed E-state index contributed by atoms with van der Waals surface area (Å²) in [4.78, 5) is 11.5. The molecule has 0 radical (unpaired) electrons. The maximum absolute atomic E-state index is 13.4. The lowest BCUT2D eigenvalue weighted by Gasteiger charge is -2.18. The van der Waals surface area contributed by atoms with Crippen molar-refractivity contribution in [3.05, 3.63) is 52.6 Å². The summed E-state index contributed by atoms with van der Waals surface area (Å²) in [6.45, 7) is 5.06. The summed E-state index contributed by atoms with van der Waals surface area (Å²) in [7, 11) is 1.15. The molecule has 5 nitrogen and oxygen atoms in total. The highest BCUT2D eigenvalue weighted by Crippen LogP contribution is 2.39. The minimum Gasteiger partial charge on any atom is -0.493 e. The topological polar surface area (TPSA) is 54.0 Å². The summed E-state index contributed by atoms with van der Waals surface area (Å²) >= 11 is 0. The molecule has 0 atom stereocenters. The number of hydrogen-bond acceptors (Lipinski definition) is 5. The minimum atomic E-state index is -4.57. The third kappa shape index (κ3) is 5.09. The Bertz CT molecular complexity index is 846. The number of aryl methyl sites for hydroxylation is 2. The molecule has 0 spiro atoms. The van der Waals surface area contributed by atoms with Gasteiger partial charge in [-0.1, -0.05) is 6.07 Å². The van der Waals surface area contributed by atoms with E-state index in [4.69, 9.17) is 14.2 Å². The van der Waals surface area contributed by atoms with Gasteiger partial charge in [-0.2, -0.15) is 13.2 Å². The van der Waals surface area contributed by atoms with Crippen LogP contribution in [0.15, 0.2) is 30.3 Å². The van der Waals surface area contributed by atoms with Crippen LogP contribution >= 0.6 is 0 Å². The molecule has 2 rings (SSSR count). The first-order chi connectivity index (χ1) is 13.2. The zero-order valence-corrected chi connectivity index (χ0v) is 16.0. The quantitative estimate of drug-likeness (QED) is 0.479. The number of methoxy groups -OCH3 is 1. The Morgan fingerprint density at radius 1 is 1.00 bits per heavy atom. The van der Waals surface area contributed by atoms with E-state index in [1.807, 2.05) is 0 Å². The Morgan fingerprint density at radius 2 is 1.64 bits per heavy atom. The van der Waals surface area contributed by atoms with Crippen molar-refractivity contribution in [1.82, 2.24) is 0 Å². The van der Waals surface area contributed by atoms with Crippen molar-refractivity contribution in [2.45, 2.75) is 33.6 Å². The lowest BCUT2D eigenvalue weighted by atomic mass is 10.0. The molecule has 0 aliphatic rings. The summed E-state index contributed by atoms with van der Waals surface area (Å²) in [5.74, 6) is 0.0995. The first-order valence-electron chi connectivity index (χ1n) is 8.49. The summed E-state index contributed by atoms with van der Waals surface area (Å²) in [5.41, 5.74) is 0.581. The van der Waals surface area contributed by atoms with E-state index < -0.39 is 17.9 Å². The van der Waals surface area contributed by atoms with Crippen LogP contribution in [0.4, 0.5) is 18.0 Å². The highest BCUT2D eigenvalue weighted by Gasteiger charge is 2.35. The fourth-order valence-corrected chi connectivity index (χ4v) is 2.49. The van der Waals surface area contributed by atoms with Crippen LogP contribution in [0.5, 0.6) is 17.2 Å². The van der Waals surface area contributed by atoms with Gasteiger partial charge in [-0.15, -0.1) is 0 Å². The molecular weight excluding hydrogens is 377 g/mol. The largest absolute Gasteiger partial charge is 0.513 e. The van der Waals surface area contributed by atoms with Crippen molar-refractivity contribution in [3.8, 4) is 17.2 Å². The van der Waals surface area contributed by atoms with Gasteiger partial charge in [-0.25, -0.2) is 4.79 Å². The maximum atomic E-state index is 13.4. The van der Waals surface area contributed by atoms with Crippen molar-refractivity contribution in [3.63, 3.8) is 0 Å². The van der Waals surface area contributed by atoms with Gasteiger partial charge in [0.05, 0.1) is 24.8 Å². The zero-order chi connectivity index (χ0) is 20.9. The molecule has 28 heavy (non-hydrogen) atoms. The lowest BCUT2D eigenvalue weighted by Crippen LogP contribution is -2.13. The van der Waals surface area contributed by atoms with Gasteiger partial charge >= 0.3 is 12.3 Å². The van der Waals surface area contributed by atoms with Crippen LogP contribution < -0.4 is 14.2 Å². The van der Waals surface area contributed by atoms with E-state index in [0.29, 0.717) is 29.0 Å². The van der Waals surface area contributed by atoms with Crippen LogP contribution in [0.2, 0.25) is 0 Å². The fourth-order valence-electron chi connectivity index (χ4n) is 2.49. The number of hydrogen-bond donors (Lipinski definition) is 0. The SMILES string of the molecule is CCOc1cccc(OC(=O)OC)c1COc1cc(C)c(C)cc1C(F)(F)F. The van der Waals surface area contributed by atoms with Gasteiger partial charge in [0.1, 0.15) is 23.9 Å². The Balaban J connectivity index is 2.41. The predicted octanol–water partition coefficient (Wildman–Crippen LogP) is 5.45. The van der Waals surface area contributed by atoms with E-state index in [0.717, 1.165) is 13.2 Å². The highest BCUT2D eigenvalue weighted by molar-refractivity contribution is 5.65. The van der Waals surface area contributed by atoms with Crippen molar-refractivity contribution in [1.29, 1.82) is 0 Å². The number of benzene rings is 2. The van der Waals surface area contributed by atoms with E-state index in [1.54, 1.807) is 32.9 Å². The van der Waals surface area contributed by atoms with Gasteiger partial charge in [0.25, 0.3) is 0 Å². The molecule has 0 amide bonds. The average Bonchev–Trinajstić information content (AvgIpc) is 2.62. The van der Waals surface area contributed by atoms with Gasteiger partial charge in [-0.3, -0.25) is 0 Å². The second kappa shape index (κ2) is 8.86. The highest BCUT2D eigenvalue weighted by atomic mass is 19.4. The molecule has 0 heterocycles. The molecular formula is C20H21F3O5. The van der Waals surface area contributed by atoms with Crippen LogP contribution in [-0.2, 0) is 17.5 Å². The molecule has 152 valence electrons. The fraction of sp³-hybridized carbons (Fsp3) is 0.350. The molecule has 8 heteroatoms. The summed E-state index contributed by atoms with van der Waals surface area (Å²) < 4.78 is 60.7. The third-order valence-corrected chi connectivity index (χ3v) is 4.02. The van der Waals surface area contributed by atoms with Gasteiger partial charge in [0.2, 0.25) is 0 Å². The molecule has 2 aromatic rings. The first kappa shape index (κ1) is 21.4. The molecule has 0 fully saturated rings. The molecule has 0 aromatic heterocycles. The van der Waals surface area contributed by atoms with Gasteiger partial charge in [0.15, 0.2) is 0 Å². The number of ether oxygens (including phenoxy) is 4. The van der Waals surface area contributed by atoms with Gasteiger partial charge in [0, 0.05) is 0 Å². The van der Waals surface area contributed by atoms with E-state index in [2.05, 4.69) is 4.74 Å². The van der Waals surface area contributed by atoms with Crippen molar-refractivity contribution in [2.75, 3.05) is 13.7 Å². The smallest absolute Gasteiger partial charge is 0.493 e. The van der Waals surface area contributed by atoms with Crippen LogP contribution in [0, 0.1) is 13.8 Å². The van der Waals surface area contributed by atoms with Crippen LogP contribution in [0.1, 0.15) is 29.2 Å². The first-order valence-corrected chi connectivity index (χ1v) is 8.49. The number of carbonyl (C=O) groups excluding carboxylic acids is 1. The van der Waals surface area contributed by atoms with Gasteiger partial charge in [-0.05, 0) is 56.2 Å². The average molecular weight is 398 g/mol. The Labute approximate surface area is 161 Å². The number of rotatable bonds is 6. The summed E-state index contributed by atoms with van der Waals surface area (Å²) in [5, 5.41) is 0. The molecule has 0 bridgehead atoms. The third-order valence-electron chi connectivity index (χ3n) is 4.02. The monoisotopic (exact) mass is 398 g/mol. The standard InChI is InChI=1S/C20H21F3O5/c1-5-26-16-7-6-8-17(28-19(24)25-4)14(16)11-27-18-10-13(3)12(2)9-15(18)20(21,22)23/h6-10H,5,11H2,1-4H3. The molecule has 0 saturated carbocycles. The molecule has 0 aliphatic heterocycles. The zero-order valence-electron chi connectivity index (χ0n) is 16.0. The molecule has 0 unspecified atom stereocenters. The molecule has 0 aliphatic carbocycles. The van der Waals surface area contributed by atoms with Gasteiger partial charge < -0.3 is 18.9 Å². The molecule has 0 saturated heterocycles. The van der Waals surface area contributed by atoms with E-state index in [9.17, 15) is 18.0 Å². The van der Waals surface area contributed by atoms with Crippen LogP contribution in [0.25, 0.3) is 0 Å². The minimum absolute atomic E-state index is 0.0789. The van der Waals surface area contributed by atoms with Crippen LogP contribution in [-0.4, -0.2) is 19.9 Å². The summed E-state index contributed by atoms with van der Waals surface area (Å²) in [6, 6.07) is 7.05. The van der Waals surface area contributed by atoms with Crippen molar-refractivity contribution < 1.29 is 36.9 Å². The molecule has 2 aromatic carbocycles. The maximum Gasteiger partial charge on any atom is 0.513 e. The summed E-state index contributed by atoms with van der Waals surface area (Å²) in [6.07, 6.45) is -5.53. The molecule has 0 N–H and O–H groups in total. The number of alkyl halides is 3. The van der Waals surface area contributed by atoms with Crippen molar-refractivity contribution >= 4 is 6.16 Å². The van der Waals surface area contributed by atoms with Crippen LogP contribution in [0.3, 0.4) is 0 Å². The van der Waals surface area contributed by atoms with Crippen molar-refractivity contribution in [2.24, 2.45) is 0 Å². The van der Waals surface area contributed by atoms with E-state index >= 15 is 0 Å². The lowest BCUT2D eigenvalue weighted by molar-refractivity contribution is -0.139. The predicted molar refractivity (Wildman–Crippen MR) is 95.9 cm³/mol. The Morgan fingerprint density at radius 3 is 2.25 bits per heavy atom. The second-order valence-electron chi connectivity index (χ2n) is 5.94. The number of carbonyl (C=O) groups is 1. The Hall–Kier alpha value is -2.90. The Kier molecular flexibility index (Phi) is 6.77. The normalized spacial score (nSPS) is 11.1. The second-order valence-corrected chi connectivity index (χ2v) is 5.94. The van der Waals surface area contributed by atoms with E-state index in [1.165, 1.54) is 12.1 Å². The number of halogens is 3. The van der Waals surface area contributed by atoms with E-state index in [-0.39, 0.29) is 18.1 Å².